The molecule has 1 heterocycles. The second-order valence-electron chi connectivity index (χ2n) is 3.78. The number of phenols is 1. The van der Waals surface area contributed by atoms with E-state index in [1.807, 2.05) is 6.92 Å². The first-order chi connectivity index (χ1) is 6.70. The summed E-state index contributed by atoms with van der Waals surface area (Å²) in [5.74, 6) is -0.719. The fourth-order valence-electron chi connectivity index (χ4n) is 2.05. The smallest absolute Gasteiger partial charge is 0.165 e. The maximum atomic E-state index is 13.1. The third kappa shape index (κ3) is 1.48. The van der Waals surface area contributed by atoms with Gasteiger partial charge in [0, 0.05) is 11.6 Å². The molecular formula is C11H14FNO. The Labute approximate surface area is 82.8 Å². The molecule has 1 aromatic rings. The lowest BCUT2D eigenvalue weighted by molar-refractivity contribution is 0.416. The zero-order valence-corrected chi connectivity index (χ0v) is 8.18. The number of halogens is 1. The Balaban J connectivity index is 2.44. The molecular weight excluding hydrogens is 181 g/mol. The third-order valence-electron chi connectivity index (χ3n) is 2.79. The van der Waals surface area contributed by atoms with Crippen molar-refractivity contribution < 1.29 is 9.50 Å². The van der Waals surface area contributed by atoms with Crippen molar-refractivity contribution in [3.63, 3.8) is 0 Å². The highest BCUT2D eigenvalue weighted by atomic mass is 19.1. The van der Waals surface area contributed by atoms with Gasteiger partial charge < -0.3 is 10.4 Å². The van der Waals surface area contributed by atoms with Gasteiger partial charge in [-0.2, -0.15) is 0 Å². The van der Waals surface area contributed by atoms with Gasteiger partial charge in [0.05, 0.1) is 0 Å². The van der Waals surface area contributed by atoms with Gasteiger partial charge in [0.25, 0.3) is 0 Å². The molecule has 2 rings (SSSR count). The van der Waals surface area contributed by atoms with Crippen LogP contribution in [0.3, 0.4) is 0 Å². The van der Waals surface area contributed by atoms with Gasteiger partial charge in [-0.25, -0.2) is 4.39 Å². The highest BCUT2D eigenvalue weighted by molar-refractivity contribution is 5.42. The van der Waals surface area contributed by atoms with Gasteiger partial charge in [-0.1, -0.05) is 6.07 Å². The van der Waals surface area contributed by atoms with Crippen LogP contribution >= 0.6 is 0 Å². The van der Waals surface area contributed by atoms with E-state index in [0.29, 0.717) is 0 Å². The first-order valence-corrected chi connectivity index (χ1v) is 4.91. The van der Waals surface area contributed by atoms with Crippen LogP contribution in [0.4, 0.5) is 4.39 Å². The Morgan fingerprint density at radius 2 is 2.29 bits per heavy atom. The minimum atomic E-state index is -0.528. The Morgan fingerprint density at radius 3 is 2.93 bits per heavy atom. The summed E-state index contributed by atoms with van der Waals surface area (Å²) in [4.78, 5) is 0. The van der Waals surface area contributed by atoms with Crippen molar-refractivity contribution in [1.82, 2.24) is 5.32 Å². The monoisotopic (exact) mass is 195 g/mol. The van der Waals surface area contributed by atoms with Crippen molar-refractivity contribution in [2.75, 3.05) is 6.54 Å². The van der Waals surface area contributed by atoms with Crippen molar-refractivity contribution in [2.45, 2.75) is 25.8 Å². The minimum Gasteiger partial charge on any atom is -0.505 e. The van der Waals surface area contributed by atoms with Crippen molar-refractivity contribution >= 4 is 0 Å². The number of aromatic hydroxyl groups is 1. The van der Waals surface area contributed by atoms with E-state index in [2.05, 4.69) is 5.32 Å². The molecule has 1 aromatic carbocycles. The summed E-state index contributed by atoms with van der Waals surface area (Å²) in [5, 5.41) is 12.9. The van der Waals surface area contributed by atoms with Crippen LogP contribution < -0.4 is 5.32 Å². The molecule has 1 fully saturated rings. The molecule has 3 heteroatoms. The SMILES string of the molecule is Cc1ccc(F)c(O)c1C1CCCN1. The number of hydrogen-bond acceptors (Lipinski definition) is 2. The number of benzene rings is 1. The molecule has 1 aliphatic heterocycles. The predicted molar refractivity (Wildman–Crippen MR) is 52.8 cm³/mol. The molecule has 0 bridgehead atoms. The predicted octanol–water partition coefficient (Wildman–Crippen LogP) is 2.26. The van der Waals surface area contributed by atoms with Crippen molar-refractivity contribution in [3.05, 3.63) is 29.1 Å². The van der Waals surface area contributed by atoms with Gasteiger partial charge >= 0.3 is 0 Å². The normalized spacial score (nSPS) is 21.4. The van der Waals surface area contributed by atoms with Gasteiger partial charge in [0.15, 0.2) is 11.6 Å². The molecule has 0 radical (unpaired) electrons. The van der Waals surface area contributed by atoms with Gasteiger partial charge in [0.1, 0.15) is 0 Å². The van der Waals surface area contributed by atoms with E-state index in [0.717, 1.165) is 30.5 Å². The number of rotatable bonds is 1. The summed E-state index contributed by atoms with van der Waals surface area (Å²) >= 11 is 0. The highest BCUT2D eigenvalue weighted by Gasteiger charge is 2.22. The molecule has 0 aliphatic carbocycles. The summed E-state index contributed by atoms with van der Waals surface area (Å²) in [7, 11) is 0. The van der Waals surface area contributed by atoms with Crippen LogP contribution in [0.2, 0.25) is 0 Å². The minimum absolute atomic E-state index is 0.116. The van der Waals surface area contributed by atoms with Crippen LogP contribution in [0.25, 0.3) is 0 Å². The van der Waals surface area contributed by atoms with Gasteiger partial charge in [0.2, 0.25) is 0 Å². The molecule has 2 N–H and O–H groups in total. The number of phenolic OH excluding ortho intramolecular Hbond substituents is 1. The summed E-state index contributed by atoms with van der Waals surface area (Å²) in [6.45, 7) is 2.84. The summed E-state index contributed by atoms with van der Waals surface area (Å²) in [5.41, 5.74) is 1.67. The van der Waals surface area contributed by atoms with E-state index in [-0.39, 0.29) is 11.8 Å². The van der Waals surface area contributed by atoms with Crippen molar-refractivity contribution in [1.29, 1.82) is 0 Å². The van der Waals surface area contributed by atoms with E-state index in [1.54, 1.807) is 6.07 Å². The second-order valence-corrected chi connectivity index (χ2v) is 3.78. The average molecular weight is 195 g/mol. The largest absolute Gasteiger partial charge is 0.505 e. The first-order valence-electron chi connectivity index (χ1n) is 4.91. The first kappa shape index (κ1) is 9.46. The van der Waals surface area contributed by atoms with E-state index < -0.39 is 5.82 Å². The third-order valence-corrected chi connectivity index (χ3v) is 2.79. The lowest BCUT2D eigenvalue weighted by atomic mass is 9.98. The molecule has 2 nitrogen and oxygen atoms in total. The molecule has 1 aliphatic rings. The zero-order chi connectivity index (χ0) is 10.1. The van der Waals surface area contributed by atoms with Crippen LogP contribution in [0.15, 0.2) is 12.1 Å². The van der Waals surface area contributed by atoms with Gasteiger partial charge in [-0.3, -0.25) is 0 Å². The molecule has 0 spiro atoms. The lowest BCUT2D eigenvalue weighted by Crippen LogP contribution is -2.14. The van der Waals surface area contributed by atoms with E-state index in [9.17, 15) is 9.50 Å². The highest BCUT2D eigenvalue weighted by Crippen LogP contribution is 2.34. The molecule has 0 amide bonds. The number of nitrogens with one attached hydrogen (secondary N) is 1. The molecule has 1 atom stereocenters. The standard InChI is InChI=1S/C11H14FNO/c1-7-4-5-8(12)11(14)10(7)9-3-2-6-13-9/h4-5,9,13-14H,2-3,6H2,1H3. The van der Waals surface area contributed by atoms with Crippen molar-refractivity contribution in [3.8, 4) is 5.75 Å². The molecule has 0 aromatic heterocycles. The van der Waals surface area contributed by atoms with Crippen LogP contribution in [0.1, 0.15) is 30.0 Å². The fourth-order valence-corrected chi connectivity index (χ4v) is 2.05. The van der Waals surface area contributed by atoms with Crippen LogP contribution in [-0.2, 0) is 0 Å². The average Bonchev–Trinajstić information content (AvgIpc) is 2.65. The number of hydrogen-bond donors (Lipinski definition) is 2. The van der Waals surface area contributed by atoms with E-state index in [1.165, 1.54) is 6.07 Å². The maximum Gasteiger partial charge on any atom is 0.165 e. The molecule has 1 saturated heterocycles. The molecule has 14 heavy (non-hydrogen) atoms. The van der Waals surface area contributed by atoms with Crippen LogP contribution in [-0.4, -0.2) is 11.7 Å². The maximum absolute atomic E-state index is 13.1. The second kappa shape index (κ2) is 3.58. The van der Waals surface area contributed by atoms with Crippen LogP contribution in [0, 0.1) is 12.7 Å². The topological polar surface area (TPSA) is 32.3 Å². The van der Waals surface area contributed by atoms with Gasteiger partial charge in [-0.05, 0) is 37.9 Å². The molecule has 76 valence electrons. The molecule has 1 unspecified atom stereocenters. The van der Waals surface area contributed by atoms with Crippen molar-refractivity contribution in [2.24, 2.45) is 0 Å². The van der Waals surface area contributed by atoms with Crippen LogP contribution in [0.5, 0.6) is 5.75 Å². The van der Waals surface area contributed by atoms with E-state index >= 15 is 0 Å². The fraction of sp³-hybridized carbons (Fsp3) is 0.455. The Hall–Kier alpha value is -1.09. The Bertz CT molecular complexity index is 345. The van der Waals surface area contributed by atoms with Gasteiger partial charge in [-0.15, -0.1) is 0 Å². The lowest BCUT2D eigenvalue weighted by Gasteiger charge is -2.15. The Kier molecular flexibility index (Phi) is 2.42. The summed E-state index contributed by atoms with van der Waals surface area (Å²) in [6, 6.07) is 3.14. The number of aryl methyl sites for hydroxylation is 1. The quantitative estimate of drug-likeness (QED) is 0.720. The Morgan fingerprint density at radius 1 is 1.50 bits per heavy atom. The molecule has 0 saturated carbocycles. The van der Waals surface area contributed by atoms with E-state index in [4.69, 9.17) is 0 Å². The summed E-state index contributed by atoms with van der Waals surface area (Å²) < 4.78 is 13.1. The zero-order valence-electron chi connectivity index (χ0n) is 8.18. The summed E-state index contributed by atoms with van der Waals surface area (Å²) in [6.07, 6.45) is 2.05.